The average molecular weight is 1260 g/mol. The number of furan rings is 1. The molecule has 458 valence electrons. The van der Waals surface area contributed by atoms with Gasteiger partial charge >= 0.3 is 0 Å². The third-order valence-corrected chi connectivity index (χ3v) is 24.5. The maximum absolute atomic E-state index is 8.84. The summed E-state index contributed by atoms with van der Waals surface area (Å²) >= 11 is 10.6. The lowest BCUT2D eigenvalue weighted by Gasteiger charge is -2.38. The van der Waals surface area contributed by atoms with Crippen LogP contribution in [0.1, 0.15) is 79.0 Å². The average Bonchev–Trinajstić information content (AvgIpc) is 1.51. The highest BCUT2D eigenvalue weighted by Gasteiger charge is 2.43. The number of thiophene rings is 1. The van der Waals surface area contributed by atoms with Gasteiger partial charge in [-0.2, -0.15) is 0 Å². The van der Waals surface area contributed by atoms with Crippen molar-refractivity contribution in [1.82, 2.24) is 0 Å². The van der Waals surface area contributed by atoms with E-state index in [-0.39, 0.29) is 16.2 Å². The van der Waals surface area contributed by atoms with Crippen LogP contribution in [0, 0.1) is 0 Å². The van der Waals surface area contributed by atoms with Crippen LogP contribution in [0.15, 0.2) is 301 Å². The van der Waals surface area contributed by atoms with Crippen molar-refractivity contribution in [2.24, 2.45) is 0 Å². The molecule has 14 aromatic rings. The van der Waals surface area contributed by atoms with Crippen LogP contribution in [-0.2, 0) is 16.2 Å². The number of hydrogen-bond donors (Lipinski definition) is 0. The maximum atomic E-state index is 8.84. The van der Waals surface area contributed by atoms with Crippen molar-refractivity contribution in [2.75, 3.05) is 14.7 Å². The van der Waals surface area contributed by atoms with Gasteiger partial charge < -0.3 is 19.1 Å². The second kappa shape index (κ2) is 24.4. The van der Waals surface area contributed by atoms with Gasteiger partial charge in [-0.25, -0.2) is 0 Å². The molecule has 0 aliphatic heterocycles. The van der Waals surface area contributed by atoms with Gasteiger partial charge in [-0.3, -0.25) is 0 Å². The molecule has 0 spiro atoms. The minimum atomic E-state index is -3.38. The van der Waals surface area contributed by atoms with E-state index >= 15 is 0 Å². The van der Waals surface area contributed by atoms with E-state index in [2.05, 4.69) is 374 Å². The lowest BCUT2D eigenvalue weighted by atomic mass is 9.86. The summed E-state index contributed by atoms with van der Waals surface area (Å²) in [4.78, 5) is 7.25. The molecule has 0 saturated carbocycles. The van der Waals surface area contributed by atoms with Crippen molar-refractivity contribution in [3.63, 3.8) is 0 Å². The lowest BCUT2D eigenvalue weighted by Crippen LogP contribution is -2.74. The van der Waals surface area contributed by atoms with E-state index in [4.69, 9.17) is 16.0 Å². The van der Waals surface area contributed by atoms with Crippen LogP contribution in [0.5, 0.6) is 0 Å². The molecule has 0 N–H and O–H groups in total. The van der Waals surface area contributed by atoms with Crippen LogP contribution in [0.2, 0.25) is 5.02 Å². The quantitative estimate of drug-likeness (QED) is 0.0799. The fraction of sp³-hybridized carbons (Fsp3) is 0.140. The van der Waals surface area contributed by atoms with Gasteiger partial charge in [0.1, 0.15) is 5.58 Å². The van der Waals surface area contributed by atoms with Gasteiger partial charge in [0.05, 0.1) is 33.5 Å². The minimum Gasteiger partial charge on any atom is -0.454 e. The molecule has 0 saturated heterocycles. The van der Waals surface area contributed by atoms with E-state index in [9.17, 15) is 0 Å². The van der Waals surface area contributed by atoms with E-state index in [0.29, 0.717) is 5.02 Å². The van der Waals surface area contributed by atoms with Crippen LogP contribution >= 0.6 is 22.9 Å². The number of para-hydroxylation sites is 3. The molecule has 0 bridgehead atoms. The first-order chi connectivity index (χ1) is 44.9. The van der Waals surface area contributed by atoms with Gasteiger partial charge in [0.15, 0.2) is 13.7 Å². The number of anilines is 9. The van der Waals surface area contributed by atoms with E-state index in [1.54, 1.807) is 11.3 Å². The predicted molar refractivity (Wildman–Crippen MR) is 403 cm³/mol. The summed E-state index contributed by atoms with van der Waals surface area (Å²) in [5, 5.41) is 11.0. The van der Waals surface area contributed by atoms with Gasteiger partial charge in [0.25, 0.3) is 0 Å². The van der Waals surface area contributed by atoms with E-state index < -0.39 is 8.07 Å². The van der Waals surface area contributed by atoms with Crippen LogP contribution < -0.4 is 35.4 Å². The highest BCUT2D eigenvalue weighted by atomic mass is 35.5. The Morgan fingerprint density at radius 1 is 0.333 bits per heavy atom. The second-order valence-electron chi connectivity index (χ2n) is 27.5. The highest BCUT2D eigenvalue weighted by molar-refractivity contribution is 7.20. The van der Waals surface area contributed by atoms with E-state index in [1.165, 1.54) is 37.0 Å². The Bertz CT molecular complexity index is 4890. The summed E-state index contributed by atoms with van der Waals surface area (Å²) in [5.41, 5.74) is 15.8. The Balaban J connectivity index is 1.13. The molecule has 0 aliphatic rings. The Kier molecular flexibility index (Phi) is 16.0. The molecule has 0 fully saturated rings. The Morgan fingerprint density at radius 2 is 0.785 bits per heavy atom. The van der Waals surface area contributed by atoms with Crippen LogP contribution in [0.3, 0.4) is 0 Å². The first kappa shape index (κ1) is 60.8. The first-order valence-corrected chi connectivity index (χ1v) is 35.5. The van der Waals surface area contributed by atoms with Crippen molar-refractivity contribution in [1.29, 1.82) is 0 Å². The largest absolute Gasteiger partial charge is 0.454 e. The van der Waals surface area contributed by atoms with E-state index in [1.807, 2.05) is 0 Å². The number of halogens is 1. The number of rotatable bonds is 14. The monoisotopic (exact) mass is 1260 g/mol. The summed E-state index contributed by atoms with van der Waals surface area (Å²) in [6, 6.07) is 107. The standard InChI is InChI=1S/C86H76ClN3OSSi/c1-84(2,3)60-44-49-63(50-45-60)88(75-41-24-22-38-71(75)59-28-14-10-15-29-59)65-30-26-31-66(55-65)90(76-42-27-40-73-72-39-23-25-43-80(72)91-83(73)76)78-57-70(93(67-32-16-11-17-33-67,68-34-18-12-19-35-68)69-36-20-13-21-37-69)56-77(82(78)87)89(64-51-46-61(47-52-64)85(4,5)6)79-58-92-81-53-48-62(54-74(79)81)86(7,8)9/h10-58H,1-9H3. The van der Waals surface area contributed by atoms with Crippen molar-refractivity contribution >= 4 is 135 Å². The third-order valence-electron chi connectivity index (χ3n) is 18.4. The zero-order valence-corrected chi connectivity index (χ0v) is 56.9. The smallest absolute Gasteiger partial charge is 0.179 e. The van der Waals surface area contributed by atoms with E-state index in [0.717, 1.165) is 94.8 Å². The lowest BCUT2D eigenvalue weighted by molar-refractivity contribution is 0.590. The highest BCUT2D eigenvalue weighted by Crippen LogP contribution is 2.52. The van der Waals surface area contributed by atoms with Gasteiger partial charge in [-0.1, -0.05) is 280 Å². The van der Waals surface area contributed by atoms with Crippen molar-refractivity contribution in [2.45, 2.75) is 78.6 Å². The summed E-state index contributed by atoms with van der Waals surface area (Å²) in [6.07, 6.45) is 0. The molecule has 7 heteroatoms. The van der Waals surface area contributed by atoms with Gasteiger partial charge in [-0.15, -0.1) is 11.3 Å². The maximum Gasteiger partial charge on any atom is 0.179 e. The molecule has 14 rings (SSSR count). The third kappa shape index (κ3) is 11.3. The molecule has 0 amide bonds. The topological polar surface area (TPSA) is 22.9 Å². The zero-order chi connectivity index (χ0) is 64.2. The van der Waals surface area contributed by atoms with Crippen molar-refractivity contribution < 1.29 is 4.42 Å². The Morgan fingerprint density at radius 3 is 1.35 bits per heavy atom. The molecule has 93 heavy (non-hydrogen) atoms. The zero-order valence-electron chi connectivity index (χ0n) is 54.3. The molecule has 0 unspecified atom stereocenters. The number of nitrogens with zero attached hydrogens (tertiary/aromatic N) is 3. The van der Waals surface area contributed by atoms with Gasteiger partial charge in [0, 0.05) is 54.6 Å². The van der Waals surface area contributed by atoms with Crippen molar-refractivity contribution in [3.05, 3.63) is 318 Å². The van der Waals surface area contributed by atoms with Gasteiger partial charge in [-0.05, 0) is 144 Å². The van der Waals surface area contributed by atoms with Crippen LogP contribution in [0.25, 0.3) is 43.2 Å². The Hall–Kier alpha value is -9.69. The fourth-order valence-electron chi connectivity index (χ4n) is 13.5. The van der Waals surface area contributed by atoms with Crippen LogP contribution in [0.4, 0.5) is 51.2 Å². The molecule has 0 aliphatic carbocycles. The first-order valence-electron chi connectivity index (χ1n) is 32.2. The number of fused-ring (bicyclic) bond motifs is 4. The predicted octanol–water partition coefficient (Wildman–Crippen LogP) is 22.8. The summed E-state index contributed by atoms with van der Waals surface area (Å²) < 4.78 is 8.41. The normalized spacial score (nSPS) is 12.2. The summed E-state index contributed by atoms with van der Waals surface area (Å²) in [5.74, 6) is 0. The minimum absolute atomic E-state index is 0.0462. The molecule has 4 nitrogen and oxygen atoms in total. The Labute approximate surface area is 558 Å². The molecule has 0 atom stereocenters. The molecular formula is C86H76ClN3OSSi. The number of hydrogen-bond acceptors (Lipinski definition) is 5. The fourth-order valence-corrected chi connectivity index (χ4v) is 19.5. The second-order valence-corrected chi connectivity index (χ2v) is 32.6. The van der Waals surface area contributed by atoms with Crippen molar-refractivity contribution in [3.8, 4) is 11.1 Å². The molecule has 2 aromatic heterocycles. The summed E-state index contributed by atoms with van der Waals surface area (Å²) in [7, 11) is -3.38. The number of benzene rings is 12. The molecule has 0 radical (unpaired) electrons. The molecule has 12 aromatic carbocycles. The van der Waals surface area contributed by atoms with Gasteiger partial charge in [0.2, 0.25) is 0 Å². The molecule has 2 heterocycles. The summed E-state index contributed by atoms with van der Waals surface area (Å²) in [6.45, 7) is 20.6. The molecular weight excluding hydrogens is 1190 g/mol. The SMILES string of the molecule is CC(C)(C)c1ccc(N(c2cccc(N(c3cc([Si](c4ccccc4)(c4ccccc4)c4ccccc4)cc(N(c4ccc(C(C)(C)C)cc4)c4csc5ccc(C(C)(C)C)cc45)c3Cl)c3cccc4c3oc3ccccc34)c2)c2ccccc2-c2ccccc2)cc1. The van der Waals surface area contributed by atoms with Crippen LogP contribution in [-0.4, -0.2) is 8.07 Å².